The van der Waals surface area contributed by atoms with Crippen LogP contribution in [0.15, 0.2) is 91.3 Å². The first kappa shape index (κ1) is 20.2. The molecule has 0 aliphatic carbocycles. The van der Waals surface area contributed by atoms with Crippen molar-refractivity contribution in [3.63, 3.8) is 0 Å². The maximum absolute atomic E-state index is 14.7. The Morgan fingerprint density at radius 3 is 2.47 bits per heavy atom. The smallest absolute Gasteiger partial charge is 0.174 e. The third kappa shape index (κ3) is 3.50. The second-order valence-electron chi connectivity index (χ2n) is 7.45. The van der Waals surface area contributed by atoms with Crippen LogP contribution >= 0.6 is 12.2 Å². The fourth-order valence-electron chi connectivity index (χ4n) is 4.18. The number of hydrogen-bond acceptors (Lipinski definition) is 3. The standard InChI is InChI=1S/C25H21FN4OS/c1-31-18-13-11-17(12-14-18)30-24(23(28-25(30)32)20-8-4-5-15-27-20)22-10-6-16-29(22)21-9-3-2-7-19(21)26/h2-16,23-24H,1H3,(H,28,32)/t23-,24-/m0/s1. The van der Waals surface area contributed by atoms with Gasteiger partial charge in [-0.2, -0.15) is 0 Å². The number of anilines is 1. The molecule has 0 amide bonds. The lowest BCUT2D eigenvalue weighted by molar-refractivity contribution is 0.415. The molecule has 1 fully saturated rings. The van der Waals surface area contributed by atoms with E-state index in [1.54, 1.807) is 25.4 Å². The summed E-state index contributed by atoms with van der Waals surface area (Å²) in [4.78, 5) is 6.63. The predicted octanol–water partition coefficient (Wildman–Crippen LogP) is 5.20. The lowest BCUT2D eigenvalue weighted by atomic mass is 10.0. The number of pyridine rings is 1. The van der Waals surface area contributed by atoms with Crippen LogP contribution in [0, 0.1) is 5.82 Å². The van der Waals surface area contributed by atoms with E-state index in [2.05, 4.69) is 15.2 Å². The molecule has 0 spiro atoms. The molecule has 0 unspecified atom stereocenters. The van der Waals surface area contributed by atoms with Crippen LogP contribution in [0.1, 0.15) is 23.5 Å². The average Bonchev–Trinajstić information content (AvgIpc) is 3.44. The summed E-state index contributed by atoms with van der Waals surface area (Å²) in [5.74, 6) is 0.475. The number of ether oxygens (including phenoxy) is 1. The summed E-state index contributed by atoms with van der Waals surface area (Å²) in [6.07, 6.45) is 3.64. The van der Waals surface area contributed by atoms with Crippen LogP contribution in [0.25, 0.3) is 5.69 Å². The van der Waals surface area contributed by atoms with Crippen LogP contribution < -0.4 is 15.0 Å². The number of rotatable bonds is 5. The van der Waals surface area contributed by atoms with E-state index in [0.29, 0.717) is 10.8 Å². The highest BCUT2D eigenvalue weighted by Gasteiger charge is 2.42. The first-order valence-corrected chi connectivity index (χ1v) is 10.6. The average molecular weight is 445 g/mol. The largest absolute Gasteiger partial charge is 0.497 e. The summed E-state index contributed by atoms with van der Waals surface area (Å²) in [5, 5.41) is 4.02. The second kappa shape index (κ2) is 8.43. The van der Waals surface area contributed by atoms with Crippen molar-refractivity contribution in [2.75, 3.05) is 12.0 Å². The monoisotopic (exact) mass is 444 g/mol. The number of thiocarbonyl (C=S) groups is 1. The van der Waals surface area contributed by atoms with Crippen molar-refractivity contribution >= 4 is 23.0 Å². The Bertz CT molecular complexity index is 1240. The third-order valence-corrected chi connectivity index (χ3v) is 5.96. The Balaban J connectivity index is 1.66. The molecule has 0 bridgehead atoms. The summed E-state index contributed by atoms with van der Waals surface area (Å²) in [7, 11) is 1.64. The first-order valence-electron chi connectivity index (χ1n) is 10.2. The molecule has 4 aromatic rings. The van der Waals surface area contributed by atoms with E-state index in [-0.39, 0.29) is 17.9 Å². The van der Waals surface area contributed by atoms with Crippen LogP contribution in [0.2, 0.25) is 0 Å². The molecule has 3 heterocycles. The molecule has 1 aliphatic rings. The minimum Gasteiger partial charge on any atom is -0.497 e. The lowest BCUT2D eigenvalue weighted by Crippen LogP contribution is -2.30. The first-order chi connectivity index (χ1) is 15.7. The number of nitrogens with zero attached hydrogens (tertiary/aromatic N) is 3. The van der Waals surface area contributed by atoms with Crippen LogP contribution in [0.5, 0.6) is 5.75 Å². The molecule has 5 nitrogen and oxygen atoms in total. The van der Waals surface area contributed by atoms with Gasteiger partial charge < -0.3 is 19.5 Å². The quantitative estimate of drug-likeness (QED) is 0.429. The summed E-state index contributed by atoms with van der Waals surface area (Å²) in [6, 6.07) is 23.8. The van der Waals surface area contributed by atoms with Gasteiger partial charge in [0.1, 0.15) is 17.6 Å². The van der Waals surface area contributed by atoms with Crippen LogP contribution in [-0.2, 0) is 0 Å². The van der Waals surface area contributed by atoms with Gasteiger partial charge in [-0.3, -0.25) is 4.98 Å². The Morgan fingerprint density at radius 2 is 1.75 bits per heavy atom. The van der Waals surface area contributed by atoms with E-state index in [0.717, 1.165) is 22.8 Å². The van der Waals surface area contributed by atoms with Crippen molar-refractivity contribution in [1.82, 2.24) is 14.9 Å². The van der Waals surface area contributed by atoms with Gasteiger partial charge in [-0.25, -0.2) is 4.39 Å². The highest BCUT2D eigenvalue weighted by Crippen LogP contribution is 2.42. The summed E-state index contributed by atoms with van der Waals surface area (Å²) >= 11 is 5.77. The van der Waals surface area contributed by atoms with Crippen LogP contribution in [0.3, 0.4) is 0 Å². The number of benzene rings is 2. The molecule has 0 saturated carbocycles. The summed E-state index contributed by atoms with van der Waals surface area (Å²) < 4.78 is 21.9. The summed E-state index contributed by atoms with van der Waals surface area (Å²) in [5.41, 5.74) is 3.15. The molecule has 32 heavy (non-hydrogen) atoms. The van der Waals surface area contributed by atoms with Gasteiger partial charge in [-0.15, -0.1) is 0 Å². The molecule has 1 saturated heterocycles. The molecular formula is C25H21FN4OS. The van der Waals surface area contributed by atoms with Crippen LogP contribution in [0.4, 0.5) is 10.1 Å². The number of hydrogen-bond donors (Lipinski definition) is 1. The van der Waals surface area contributed by atoms with Gasteiger partial charge >= 0.3 is 0 Å². The number of para-hydroxylation sites is 1. The number of nitrogens with one attached hydrogen (secondary N) is 1. The number of aromatic nitrogens is 2. The van der Waals surface area contributed by atoms with Gasteiger partial charge in [0, 0.05) is 23.8 Å². The van der Waals surface area contributed by atoms with Gasteiger partial charge in [0.2, 0.25) is 0 Å². The van der Waals surface area contributed by atoms with Crippen molar-refractivity contribution in [2.45, 2.75) is 12.1 Å². The normalized spacial score (nSPS) is 17.9. The molecule has 5 rings (SSSR count). The Kier molecular flexibility index (Phi) is 5.33. The van der Waals surface area contributed by atoms with Crippen molar-refractivity contribution < 1.29 is 9.13 Å². The Labute approximate surface area is 191 Å². The number of methoxy groups -OCH3 is 1. The minimum atomic E-state index is -0.288. The van der Waals surface area contributed by atoms with Gasteiger partial charge in [0.25, 0.3) is 0 Å². The van der Waals surface area contributed by atoms with E-state index >= 15 is 0 Å². The van der Waals surface area contributed by atoms with Gasteiger partial charge in [-0.05, 0) is 72.9 Å². The van der Waals surface area contributed by atoms with Crippen molar-refractivity contribution in [3.8, 4) is 11.4 Å². The van der Waals surface area contributed by atoms with Crippen molar-refractivity contribution in [1.29, 1.82) is 0 Å². The fraction of sp³-hybridized carbons (Fsp3) is 0.120. The molecule has 2 aromatic heterocycles. The number of halogens is 1. The van der Waals surface area contributed by atoms with E-state index in [1.165, 1.54) is 6.07 Å². The van der Waals surface area contributed by atoms with Crippen molar-refractivity contribution in [3.05, 3.63) is 108 Å². The molecule has 160 valence electrons. The molecule has 2 atom stereocenters. The lowest BCUT2D eigenvalue weighted by Gasteiger charge is -2.29. The SMILES string of the molecule is COc1ccc(N2C(=S)N[C@@H](c3ccccn3)[C@@H]2c2cccn2-c2ccccc2F)cc1. The van der Waals surface area contributed by atoms with Gasteiger partial charge in [-0.1, -0.05) is 18.2 Å². The molecule has 2 aromatic carbocycles. The van der Waals surface area contributed by atoms with E-state index in [9.17, 15) is 4.39 Å². The molecule has 1 aliphatic heterocycles. The topological polar surface area (TPSA) is 42.3 Å². The van der Waals surface area contributed by atoms with E-state index in [4.69, 9.17) is 17.0 Å². The highest BCUT2D eigenvalue weighted by atomic mass is 32.1. The predicted molar refractivity (Wildman–Crippen MR) is 127 cm³/mol. The van der Waals surface area contributed by atoms with Gasteiger partial charge in [0.15, 0.2) is 5.11 Å². The molecule has 0 radical (unpaired) electrons. The van der Waals surface area contributed by atoms with E-state index in [1.807, 2.05) is 71.4 Å². The van der Waals surface area contributed by atoms with Crippen molar-refractivity contribution in [2.24, 2.45) is 0 Å². The highest BCUT2D eigenvalue weighted by molar-refractivity contribution is 7.80. The third-order valence-electron chi connectivity index (χ3n) is 5.64. The molecular weight excluding hydrogens is 423 g/mol. The zero-order valence-electron chi connectivity index (χ0n) is 17.4. The maximum atomic E-state index is 14.7. The molecule has 7 heteroatoms. The maximum Gasteiger partial charge on any atom is 0.174 e. The second-order valence-corrected chi connectivity index (χ2v) is 7.84. The van der Waals surface area contributed by atoms with Crippen LogP contribution in [-0.4, -0.2) is 21.8 Å². The fourth-order valence-corrected chi connectivity index (χ4v) is 4.52. The Morgan fingerprint density at radius 1 is 0.969 bits per heavy atom. The van der Waals surface area contributed by atoms with Gasteiger partial charge in [0.05, 0.1) is 24.5 Å². The summed E-state index contributed by atoms with van der Waals surface area (Å²) in [6.45, 7) is 0. The molecule has 1 N–H and O–H groups in total. The Hall–Kier alpha value is -3.71. The minimum absolute atomic E-state index is 0.216. The van der Waals surface area contributed by atoms with E-state index < -0.39 is 0 Å². The zero-order valence-corrected chi connectivity index (χ0v) is 18.2. The zero-order chi connectivity index (χ0) is 22.1.